The minimum Gasteiger partial charge on any atom is -0.481 e. The molecule has 130 valence electrons. The van der Waals surface area contributed by atoms with Gasteiger partial charge in [-0.1, -0.05) is 26.0 Å². The minimum atomic E-state index is -0.958. The molecule has 0 spiro atoms. The van der Waals surface area contributed by atoms with Gasteiger partial charge in [0.2, 0.25) is 5.91 Å². The summed E-state index contributed by atoms with van der Waals surface area (Å²) in [5, 5.41) is 12.0. The van der Waals surface area contributed by atoms with Crippen LogP contribution in [0, 0.1) is 24.2 Å². The quantitative estimate of drug-likeness (QED) is 0.788. The molecule has 1 aliphatic carbocycles. The summed E-state index contributed by atoms with van der Waals surface area (Å²) in [6.45, 7) is 5.27. The van der Waals surface area contributed by atoms with Crippen molar-refractivity contribution in [2.75, 3.05) is 5.32 Å². The Kier molecular flexibility index (Phi) is 3.94. The van der Waals surface area contributed by atoms with E-state index in [1.807, 2.05) is 0 Å². The number of H-pyrrole nitrogens is 1. The van der Waals surface area contributed by atoms with Crippen molar-refractivity contribution in [3.05, 3.63) is 46.4 Å². The largest absolute Gasteiger partial charge is 0.481 e. The normalized spacial score (nSPS) is 20.8. The average molecular weight is 341 g/mol. The Bertz CT molecular complexity index is 917. The van der Waals surface area contributed by atoms with Gasteiger partial charge < -0.3 is 15.4 Å². The molecular weight excluding hydrogens is 322 g/mol. The van der Waals surface area contributed by atoms with Gasteiger partial charge in [-0.25, -0.2) is 4.98 Å². The van der Waals surface area contributed by atoms with E-state index in [0.29, 0.717) is 22.8 Å². The van der Waals surface area contributed by atoms with Crippen molar-refractivity contribution in [1.29, 1.82) is 0 Å². The number of aromatic amines is 1. The maximum Gasteiger partial charge on any atom is 0.307 e. The van der Waals surface area contributed by atoms with Gasteiger partial charge in [0.15, 0.2) is 0 Å². The summed E-state index contributed by atoms with van der Waals surface area (Å²) in [4.78, 5) is 42.2. The second kappa shape index (κ2) is 5.84. The van der Waals surface area contributed by atoms with E-state index in [1.54, 1.807) is 45.0 Å². The highest BCUT2D eigenvalue weighted by molar-refractivity contribution is 6.00. The number of hydrogen-bond acceptors (Lipinski definition) is 4. The fraction of sp³-hybridized carbons (Fsp3) is 0.333. The Hall–Kier alpha value is -2.96. The highest BCUT2D eigenvalue weighted by Gasteiger charge is 2.65. The highest BCUT2D eigenvalue weighted by Crippen LogP contribution is 2.58. The van der Waals surface area contributed by atoms with Crippen molar-refractivity contribution >= 4 is 17.6 Å². The maximum absolute atomic E-state index is 12.4. The van der Waals surface area contributed by atoms with Crippen LogP contribution in [-0.2, 0) is 9.59 Å². The van der Waals surface area contributed by atoms with Gasteiger partial charge in [-0.05, 0) is 24.5 Å². The number of amides is 1. The Balaban J connectivity index is 1.82. The van der Waals surface area contributed by atoms with Gasteiger partial charge in [0.1, 0.15) is 5.82 Å². The molecule has 7 nitrogen and oxygen atoms in total. The standard InChI is InChI=1S/C18H19N3O4/c1-9-7-12(22)21-15(19-9)10-5-4-6-11(8-10)20-16(23)13-14(17(24)25)18(13,2)3/h4-8,13-14H,1-3H3,(H,20,23)(H,24,25)(H,19,21,22)/t13-,14+/m0/s1. The van der Waals surface area contributed by atoms with Crippen molar-refractivity contribution in [2.24, 2.45) is 17.3 Å². The number of carbonyl (C=O) groups excluding carboxylic acids is 1. The van der Waals surface area contributed by atoms with E-state index < -0.39 is 23.2 Å². The highest BCUT2D eigenvalue weighted by atomic mass is 16.4. The third-order valence-electron chi connectivity index (χ3n) is 4.65. The molecule has 2 atom stereocenters. The first-order valence-corrected chi connectivity index (χ1v) is 7.92. The SMILES string of the molecule is Cc1cc(=O)[nH]c(-c2cccc(NC(=O)[C@@H]3[C@H](C(=O)O)C3(C)C)c2)n1. The molecule has 1 aromatic carbocycles. The molecule has 2 aromatic rings. The second-order valence-electron chi connectivity index (χ2n) is 6.92. The van der Waals surface area contributed by atoms with Crippen LogP contribution in [0.25, 0.3) is 11.4 Å². The van der Waals surface area contributed by atoms with Crippen LogP contribution >= 0.6 is 0 Å². The van der Waals surface area contributed by atoms with Gasteiger partial charge in [0, 0.05) is 23.0 Å². The predicted octanol–water partition coefficient (Wildman–Crippen LogP) is 2.04. The topological polar surface area (TPSA) is 112 Å². The van der Waals surface area contributed by atoms with E-state index in [2.05, 4.69) is 15.3 Å². The van der Waals surface area contributed by atoms with Crippen LogP contribution < -0.4 is 10.9 Å². The molecule has 1 aromatic heterocycles. The third-order valence-corrected chi connectivity index (χ3v) is 4.65. The first kappa shape index (κ1) is 16.9. The number of rotatable bonds is 4. The monoisotopic (exact) mass is 341 g/mol. The third kappa shape index (κ3) is 3.17. The van der Waals surface area contributed by atoms with Crippen molar-refractivity contribution in [3.8, 4) is 11.4 Å². The summed E-state index contributed by atoms with van der Waals surface area (Å²) in [5.74, 6) is -2.10. The van der Waals surface area contributed by atoms with Crippen LogP contribution in [0.3, 0.4) is 0 Å². The van der Waals surface area contributed by atoms with Crippen LogP contribution in [0.2, 0.25) is 0 Å². The Morgan fingerprint density at radius 3 is 2.56 bits per heavy atom. The molecule has 7 heteroatoms. The Morgan fingerprint density at radius 2 is 1.96 bits per heavy atom. The fourth-order valence-corrected chi connectivity index (χ4v) is 3.27. The number of carbonyl (C=O) groups is 2. The van der Waals surface area contributed by atoms with Gasteiger partial charge in [-0.2, -0.15) is 0 Å². The zero-order valence-electron chi connectivity index (χ0n) is 14.2. The van der Waals surface area contributed by atoms with Crippen molar-refractivity contribution in [1.82, 2.24) is 9.97 Å². The first-order chi connectivity index (χ1) is 11.7. The van der Waals surface area contributed by atoms with Crippen LogP contribution in [0.1, 0.15) is 19.5 Å². The zero-order chi connectivity index (χ0) is 18.4. The van der Waals surface area contributed by atoms with Crippen molar-refractivity contribution < 1.29 is 14.7 Å². The number of carboxylic acid groups (broad SMARTS) is 1. The molecule has 3 rings (SSSR count). The maximum atomic E-state index is 12.4. The molecule has 1 aliphatic rings. The lowest BCUT2D eigenvalue weighted by atomic mass is 10.1. The number of benzene rings is 1. The predicted molar refractivity (Wildman–Crippen MR) is 92.1 cm³/mol. The Labute approximate surface area is 144 Å². The fourth-order valence-electron chi connectivity index (χ4n) is 3.27. The number of nitrogens with one attached hydrogen (secondary N) is 2. The first-order valence-electron chi connectivity index (χ1n) is 7.92. The summed E-state index contributed by atoms with van der Waals surface area (Å²) in [6.07, 6.45) is 0. The van der Waals surface area contributed by atoms with E-state index >= 15 is 0 Å². The zero-order valence-corrected chi connectivity index (χ0v) is 14.2. The number of aryl methyl sites for hydroxylation is 1. The van der Waals surface area contributed by atoms with Crippen LogP contribution in [0.5, 0.6) is 0 Å². The van der Waals surface area contributed by atoms with Gasteiger partial charge in [0.25, 0.3) is 5.56 Å². The van der Waals surface area contributed by atoms with Gasteiger partial charge in [0.05, 0.1) is 11.8 Å². The molecule has 0 aliphatic heterocycles. The van der Waals surface area contributed by atoms with E-state index in [9.17, 15) is 19.5 Å². The number of nitrogens with zero attached hydrogens (tertiary/aromatic N) is 1. The molecule has 1 saturated carbocycles. The van der Waals surface area contributed by atoms with Gasteiger partial charge >= 0.3 is 5.97 Å². The average Bonchev–Trinajstić information content (AvgIpc) is 3.09. The summed E-state index contributed by atoms with van der Waals surface area (Å²) in [7, 11) is 0. The molecule has 0 saturated heterocycles. The number of anilines is 1. The summed E-state index contributed by atoms with van der Waals surface area (Å²) < 4.78 is 0. The summed E-state index contributed by atoms with van der Waals surface area (Å²) in [5.41, 5.74) is 0.969. The minimum absolute atomic E-state index is 0.249. The number of aromatic nitrogens is 2. The number of aliphatic carboxylic acids is 1. The molecule has 0 bridgehead atoms. The van der Waals surface area contributed by atoms with Crippen molar-refractivity contribution in [2.45, 2.75) is 20.8 Å². The smallest absolute Gasteiger partial charge is 0.307 e. The van der Waals surface area contributed by atoms with Crippen LogP contribution in [0.15, 0.2) is 35.1 Å². The van der Waals surface area contributed by atoms with Gasteiger partial charge in [-0.15, -0.1) is 0 Å². The molecule has 1 heterocycles. The van der Waals surface area contributed by atoms with Gasteiger partial charge in [-0.3, -0.25) is 14.4 Å². The molecule has 0 radical (unpaired) electrons. The lowest BCUT2D eigenvalue weighted by molar-refractivity contribution is -0.140. The molecular formula is C18H19N3O4. The summed E-state index contributed by atoms with van der Waals surface area (Å²) in [6, 6.07) is 8.31. The second-order valence-corrected chi connectivity index (χ2v) is 6.92. The summed E-state index contributed by atoms with van der Waals surface area (Å²) >= 11 is 0. The van der Waals surface area contributed by atoms with E-state index in [4.69, 9.17) is 0 Å². The molecule has 25 heavy (non-hydrogen) atoms. The molecule has 3 N–H and O–H groups in total. The molecule has 1 amide bonds. The van der Waals surface area contributed by atoms with Crippen molar-refractivity contribution in [3.63, 3.8) is 0 Å². The van der Waals surface area contributed by atoms with Crippen LogP contribution in [-0.4, -0.2) is 27.0 Å². The molecule has 0 unspecified atom stereocenters. The van der Waals surface area contributed by atoms with E-state index in [1.165, 1.54) is 6.07 Å². The lowest BCUT2D eigenvalue weighted by Gasteiger charge is -2.08. The number of hydrogen-bond donors (Lipinski definition) is 3. The lowest BCUT2D eigenvalue weighted by Crippen LogP contribution is -2.17. The van der Waals surface area contributed by atoms with E-state index in [-0.39, 0.29) is 11.5 Å². The van der Waals surface area contributed by atoms with Crippen LogP contribution in [0.4, 0.5) is 5.69 Å². The molecule has 1 fully saturated rings. The number of carboxylic acids is 1. The van der Waals surface area contributed by atoms with E-state index in [0.717, 1.165) is 0 Å². The Morgan fingerprint density at radius 1 is 1.24 bits per heavy atom.